The summed E-state index contributed by atoms with van der Waals surface area (Å²) in [7, 11) is 3.12. The molecule has 2 aromatic carbocycles. The lowest BCUT2D eigenvalue weighted by molar-refractivity contribution is -0.124. The first kappa shape index (κ1) is 28.1. The number of anilines is 2. The Morgan fingerprint density at radius 1 is 1.08 bits per heavy atom. The second-order valence-corrected chi connectivity index (χ2v) is 10.6. The molecule has 0 aliphatic carbocycles. The van der Waals surface area contributed by atoms with E-state index in [1.807, 2.05) is 4.90 Å². The van der Waals surface area contributed by atoms with Crippen molar-refractivity contribution in [1.29, 1.82) is 0 Å². The molecule has 38 heavy (non-hydrogen) atoms. The van der Waals surface area contributed by atoms with Crippen LogP contribution in [-0.2, 0) is 9.59 Å². The summed E-state index contributed by atoms with van der Waals surface area (Å²) in [5, 5.41) is 3.65. The molecule has 0 saturated carbocycles. The van der Waals surface area contributed by atoms with Crippen LogP contribution in [0.4, 0.5) is 11.4 Å². The minimum absolute atomic E-state index is 0.0212. The number of piperidine rings is 1. The molecule has 1 N–H and O–H groups in total. The van der Waals surface area contributed by atoms with Gasteiger partial charge in [-0.05, 0) is 99.5 Å². The molecule has 10 heteroatoms. The largest absolute Gasteiger partial charge is 0.497 e. The van der Waals surface area contributed by atoms with E-state index in [0.29, 0.717) is 39.6 Å². The Bertz CT molecular complexity index is 1150. The van der Waals surface area contributed by atoms with E-state index in [1.54, 1.807) is 49.6 Å². The summed E-state index contributed by atoms with van der Waals surface area (Å²) in [6.07, 6.45) is 3.24. The van der Waals surface area contributed by atoms with Gasteiger partial charge in [-0.25, -0.2) is 0 Å². The topological polar surface area (TPSA) is 74.3 Å². The van der Waals surface area contributed by atoms with Crippen LogP contribution in [0, 0.1) is 5.92 Å². The lowest BCUT2D eigenvalue weighted by atomic mass is 9.99. The predicted molar refractivity (Wildman–Crippen MR) is 154 cm³/mol. The molecule has 2 amide bonds. The van der Waals surface area contributed by atoms with Crippen LogP contribution < -0.4 is 19.7 Å². The molecule has 1 atom stereocenters. The first-order valence-electron chi connectivity index (χ1n) is 12.9. The van der Waals surface area contributed by atoms with Crippen LogP contribution in [0.5, 0.6) is 11.5 Å². The van der Waals surface area contributed by atoms with Crippen LogP contribution in [0.15, 0.2) is 42.5 Å². The van der Waals surface area contributed by atoms with Crippen molar-refractivity contribution in [2.45, 2.75) is 38.6 Å². The lowest BCUT2D eigenvalue weighted by Gasteiger charge is -2.31. The number of benzene rings is 2. The molecule has 2 heterocycles. The quantitative estimate of drug-likeness (QED) is 0.419. The predicted octanol–water partition coefficient (Wildman–Crippen LogP) is 4.81. The van der Waals surface area contributed by atoms with Gasteiger partial charge in [0.2, 0.25) is 5.91 Å². The van der Waals surface area contributed by atoms with E-state index in [-0.39, 0.29) is 18.2 Å². The van der Waals surface area contributed by atoms with E-state index >= 15 is 0 Å². The number of thiocarbonyl (C=S) groups is 1. The summed E-state index contributed by atoms with van der Waals surface area (Å²) in [4.78, 5) is 32.5. The minimum atomic E-state index is -0.706. The first-order chi connectivity index (χ1) is 18.3. The summed E-state index contributed by atoms with van der Waals surface area (Å²) < 4.78 is 10.4. The second-order valence-electron chi connectivity index (χ2n) is 9.84. The van der Waals surface area contributed by atoms with E-state index in [9.17, 15) is 9.59 Å². The fourth-order valence-corrected chi connectivity index (χ4v) is 5.60. The van der Waals surface area contributed by atoms with Gasteiger partial charge in [0.15, 0.2) is 5.11 Å². The number of ether oxygens (including phenoxy) is 2. The Labute approximate surface area is 234 Å². The standard InChI is InChI=1S/C28H35ClN4O4S/c1-19-11-15-31(16-12-19)13-4-14-32-24(18-26(34)30-20-5-8-22(36-2)9-6-20)27(35)33(28(32)38)21-7-10-25(37-3)23(29)17-21/h5-10,17,19,24H,4,11-16,18H2,1-3H3,(H,30,34)/t24-/m0/s1. The molecule has 0 spiro atoms. The highest BCUT2D eigenvalue weighted by Crippen LogP contribution is 2.33. The van der Waals surface area contributed by atoms with Crippen LogP contribution >= 0.6 is 23.8 Å². The monoisotopic (exact) mass is 558 g/mol. The molecule has 8 nitrogen and oxygen atoms in total. The molecule has 0 radical (unpaired) electrons. The average molecular weight is 559 g/mol. The maximum Gasteiger partial charge on any atom is 0.256 e. The van der Waals surface area contributed by atoms with Crippen molar-refractivity contribution in [3.05, 3.63) is 47.5 Å². The van der Waals surface area contributed by atoms with Gasteiger partial charge >= 0.3 is 0 Å². The summed E-state index contributed by atoms with van der Waals surface area (Å²) >= 11 is 12.1. The highest BCUT2D eigenvalue weighted by molar-refractivity contribution is 7.80. The maximum absolute atomic E-state index is 13.7. The number of halogens is 1. The number of rotatable bonds is 10. The Morgan fingerprint density at radius 2 is 1.79 bits per heavy atom. The van der Waals surface area contributed by atoms with Crippen molar-refractivity contribution >= 4 is 52.1 Å². The van der Waals surface area contributed by atoms with E-state index in [0.717, 1.165) is 32.0 Å². The van der Waals surface area contributed by atoms with Crippen molar-refractivity contribution in [3.8, 4) is 11.5 Å². The van der Waals surface area contributed by atoms with Crippen molar-refractivity contribution < 1.29 is 19.1 Å². The number of carbonyl (C=O) groups is 2. The maximum atomic E-state index is 13.7. The number of hydrogen-bond donors (Lipinski definition) is 1. The highest BCUT2D eigenvalue weighted by atomic mass is 35.5. The fraction of sp³-hybridized carbons (Fsp3) is 0.464. The molecule has 4 rings (SSSR count). The van der Waals surface area contributed by atoms with Crippen molar-refractivity contribution in [3.63, 3.8) is 0 Å². The lowest BCUT2D eigenvalue weighted by Crippen LogP contribution is -2.40. The number of nitrogens with one attached hydrogen (secondary N) is 1. The third-order valence-corrected chi connectivity index (χ3v) is 7.93. The molecule has 2 saturated heterocycles. The van der Waals surface area contributed by atoms with Crippen molar-refractivity contribution in [2.75, 3.05) is 50.6 Å². The SMILES string of the molecule is COc1ccc(NC(=O)C[C@H]2C(=O)N(c3ccc(OC)c(Cl)c3)C(=S)N2CCCN2CCC(C)CC2)cc1. The molecule has 204 valence electrons. The Hall–Kier alpha value is -2.88. The first-order valence-corrected chi connectivity index (χ1v) is 13.7. The fourth-order valence-electron chi connectivity index (χ4n) is 4.93. The number of methoxy groups -OCH3 is 2. The minimum Gasteiger partial charge on any atom is -0.497 e. The van der Waals surface area contributed by atoms with Crippen LogP contribution in [0.25, 0.3) is 0 Å². The summed E-state index contributed by atoms with van der Waals surface area (Å²) in [6, 6.07) is 11.5. The summed E-state index contributed by atoms with van der Waals surface area (Å²) in [5.41, 5.74) is 1.19. The molecule has 0 aromatic heterocycles. The Kier molecular flexibility index (Phi) is 9.46. The number of likely N-dealkylation sites (tertiary alicyclic amines) is 1. The summed E-state index contributed by atoms with van der Waals surface area (Å²) in [6.45, 7) is 5.99. The van der Waals surface area contributed by atoms with Crippen LogP contribution in [0.2, 0.25) is 5.02 Å². The average Bonchev–Trinajstić information content (AvgIpc) is 3.14. The summed E-state index contributed by atoms with van der Waals surface area (Å²) in [5.74, 6) is 1.47. The molecular formula is C28H35ClN4O4S. The van der Waals surface area contributed by atoms with Crippen LogP contribution in [-0.4, -0.2) is 73.2 Å². The van der Waals surface area contributed by atoms with E-state index in [4.69, 9.17) is 33.3 Å². The van der Waals surface area contributed by atoms with Crippen molar-refractivity contribution in [2.24, 2.45) is 5.92 Å². The zero-order valence-electron chi connectivity index (χ0n) is 22.1. The molecule has 2 fully saturated rings. The molecule has 0 bridgehead atoms. The van der Waals surface area contributed by atoms with Crippen LogP contribution in [0.3, 0.4) is 0 Å². The molecule has 0 unspecified atom stereocenters. The Morgan fingerprint density at radius 3 is 2.42 bits per heavy atom. The van der Waals surface area contributed by atoms with Gasteiger partial charge < -0.3 is 24.6 Å². The number of carbonyl (C=O) groups excluding carboxylic acids is 2. The van der Waals surface area contributed by atoms with Crippen molar-refractivity contribution in [1.82, 2.24) is 9.80 Å². The van der Waals surface area contributed by atoms with E-state index < -0.39 is 6.04 Å². The van der Waals surface area contributed by atoms with Gasteiger partial charge in [0, 0.05) is 12.2 Å². The zero-order valence-corrected chi connectivity index (χ0v) is 23.7. The molecule has 2 aliphatic rings. The number of nitrogens with zero attached hydrogens (tertiary/aromatic N) is 3. The molecule has 2 aromatic rings. The second kappa shape index (κ2) is 12.8. The van der Waals surface area contributed by atoms with E-state index in [2.05, 4.69) is 17.1 Å². The smallest absolute Gasteiger partial charge is 0.256 e. The van der Waals surface area contributed by atoms with Gasteiger partial charge in [-0.3, -0.25) is 14.5 Å². The number of amides is 2. The van der Waals surface area contributed by atoms with Gasteiger partial charge in [0.1, 0.15) is 17.5 Å². The third kappa shape index (κ3) is 6.57. The van der Waals surface area contributed by atoms with Gasteiger partial charge in [-0.2, -0.15) is 0 Å². The highest BCUT2D eigenvalue weighted by Gasteiger charge is 2.44. The van der Waals surface area contributed by atoms with E-state index in [1.165, 1.54) is 24.9 Å². The van der Waals surface area contributed by atoms with Gasteiger partial charge in [0.05, 0.1) is 31.4 Å². The zero-order chi connectivity index (χ0) is 27.2. The van der Waals surface area contributed by atoms with Gasteiger partial charge in [-0.15, -0.1) is 0 Å². The Balaban J connectivity index is 1.49. The van der Waals surface area contributed by atoms with Crippen LogP contribution in [0.1, 0.15) is 32.6 Å². The van der Waals surface area contributed by atoms with Gasteiger partial charge in [-0.1, -0.05) is 18.5 Å². The molecular weight excluding hydrogens is 524 g/mol. The van der Waals surface area contributed by atoms with Gasteiger partial charge in [0.25, 0.3) is 5.91 Å². The normalized spacial score (nSPS) is 18.7. The number of hydrogen-bond acceptors (Lipinski definition) is 6. The molecule has 2 aliphatic heterocycles. The third-order valence-electron chi connectivity index (χ3n) is 7.21.